The van der Waals surface area contributed by atoms with Crippen LogP contribution in [0.3, 0.4) is 0 Å². The summed E-state index contributed by atoms with van der Waals surface area (Å²) in [5, 5.41) is 13.3. The molecule has 28 heavy (non-hydrogen) atoms. The lowest BCUT2D eigenvalue weighted by atomic mass is 10.1. The van der Waals surface area contributed by atoms with Crippen LogP contribution in [0.2, 0.25) is 0 Å². The summed E-state index contributed by atoms with van der Waals surface area (Å²) in [6.07, 6.45) is 0.499. The molecular weight excluding hydrogens is 380 g/mol. The summed E-state index contributed by atoms with van der Waals surface area (Å²) in [5.74, 6) is -0.414. The SMILES string of the molecule is CCc1ccc(NC(=O)c2ccc(NC(=O)NC(C)C)cc2)cc1S(N)(=O)=O. The van der Waals surface area contributed by atoms with Crippen LogP contribution in [-0.2, 0) is 16.4 Å². The lowest BCUT2D eigenvalue weighted by molar-refractivity contribution is 0.102. The molecule has 8 nitrogen and oxygen atoms in total. The van der Waals surface area contributed by atoms with Crippen LogP contribution in [0, 0.1) is 0 Å². The van der Waals surface area contributed by atoms with Crippen molar-refractivity contribution in [3.8, 4) is 0 Å². The molecule has 0 spiro atoms. The van der Waals surface area contributed by atoms with Gasteiger partial charge in [0.25, 0.3) is 5.91 Å². The molecule has 0 fully saturated rings. The predicted molar refractivity (Wildman–Crippen MR) is 109 cm³/mol. The van der Waals surface area contributed by atoms with Crippen molar-refractivity contribution < 1.29 is 18.0 Å². The van der Waals surface area contributed by atoms with E-state index in [4.69, 9.17) is 5.14 Å². The fraction of sp³-hybridized carbons (Fsp3) is 0.263. The Balaban J connectivity index is 2.12. The van der Waals surface area contributed by atoms with E-state index in [2.05, 4.69) is 16.0 Å². The van der Waals surface area contributed by atoms with E-state index in [-0.39, 0.29) is 17.0 Å². The van der Waals surface area contributed by atoms with E-state index in [1.165, 1.54) is 6.07 Å². The van der Waals surface area contributed by atoms with Gasteiger partial charge in [0.15, 0.2) is 0 Å². The third kappa shape index (κ3) is 5.80. The second kappa shape index (κ2) is 8.85. The Hall–Kier alpha value is -2.91. The van der Waals surface area contributed by atoms with Gasteiger partial charge in [-0.15, -0.1) is 0 Å². The van der Waals surface area contributed by atoms with Gasteiger partial charge in [0, 0.05) is 23.0 Å². The molecule has 150 valence electrons. The maximum atomic E-state index is 12.4. The minimum Gasteiger partial charge on any atom is -0.336 e. The van der Waals surface area contributed by atoms with Gasteiger partial charge >= 0.3 is 6.03 Å². The zero-order valence-electron chi connectivity index (χ0n) is 15.9. The van der Waals surface area contributed by atoms with E-state index in [0.29, 0.717) is 28.9 Å². The van der Waals surface area contributed by atoms with Gasteiger partial charge in [0.1, 0.15) is 0 Å². The number of nitrogens with two attached hydrogens (primary N) is 1. The topological polar surface area (TPSA) is 130 Å². The molecule has 0 aromatic heterocycles. The zero-order valence-corrected chi connectivity index (χ0v) is 16.8. The summed E-state index contributed by atoms with van der Waals surface area (Å²) in [6.45, 7) is 5.52. The van der Waals surface area contributed by atoms with Crippen molar-refractivity contribution >= 4 is 33.3 Å². The number of sulfonamides is 1. The highest BCUT2D eigenvalue weighted by Gasteiger charge is 2.15. The molecule has 0 aliphatic rings. The van der Waals surface area contributed by atoms with Crippen molar-refractivity contribution in [1.82, 2.24) is 5.32 Å². The highest BCUT2D eigenvalue weighted by molar-refractivity contribution is 7.89. The number of hydrogen-bond acceptors (Lipinski definition) is 4. The molecule has 0 atom stereocenters. The van der Waals surface area contributed by atoms with E-state index < -0.39 is 15.9 Å². The van der Waals surface area contributed by atoms with Gasteiger partial charge in [-0.3, -0.25) is 4.79 Å². The number of aryl methyl sites for hydroxylation is 1. The van der Waals surface area contributed by atoms with E-state index in [1.54, 1.807) is 36.4 Å². The molecule has 0 bridgehead atoms. The first-order valence-corrected chi connectivity index (χ1v) is 10.3. The fourth-order valence-corrected chi connectivity index (χ4v) is 3.40. The molecule has 2 rings (SSSR count). The molecule has 3 amide bonds. The second-order valence-electron chi connectivity index (χ2n) is 6.51. The largest absolute Gasteiger partial charge is 0.336 e. The molecule has 0 saturated carbocycles. The standard InChI is InChI=1S/C19H24N4O4S/c1-4-13-5-10-16(11-17(13)28(20,26)27)22-18(24)14-6-8-15(9-7-14)23-19(25)21-12(2)3/h5-12H,4H2,1-3H3,(H,22,24)(H2,20,26,27)(H2,21,23,25). The molecule has 0 aliphatic heterocycles. The van der Waals surface area contributed by atoms with E-state index in [9.17, 15) is 18.0 Å². The second-order valence-corrected chi connectivity index (χ2v) is 8.04. The monoisotopic (exact) mass is 404 g/mol. The molecule has 9 heteroatoms. The average molecular weight is 404 g/mol. The van der Waals surface area contributed by atoms with Crippen LogP contribution in [0.4, 0.5) is 16.2 Å². The smallest absolute Gasteiger partial charge is 0.319 e. The van der Waals surface area contributed by atoms with Crippen molar-refractivity contribution in [2.24, 2.45) is 5.14 Å². The maximum absolute atomic E-state index is 12.4. The molecule has 2 aromatic rings. The number of carbonyl (C=O) groups excluding carboxylic acids is 2. The van der Waals surface area contributed by atoms with Crippen LogP contribution in [0.1, 0.15) is 36.7 Å². The third-order valence-electron chi connectivity index (χ3n) is 3.84. The van der Waals surface area contributed by atoms with Crippen molar-refractivity contribution in [1.29, 1.82) is 0 Å². The first kappa shape index (κ1) is 21.4. The number of rotatable bonds is 6. The minimum atomic E-state index is -3.89. The number of urea groups is 1. The van der Waals surface area contributed by atoms with Crippen LogP contribution >= 0.6 is 0 Å². The van der Waals surface area contributed by atoms with Crippen LogP contribution in [0.15, 0.2) is 47.4 Å². The molecule has 0 heterocycles. The number of primary sulfonamides is 1. The highest BCUT2D eigenvalue weighted by atomic mass is 32.2. The Morgan fingerprint density at radius 1 is 1.00 bits per heavy atom. The Bertz CT molecular complexity index is 970. The number of carbonyl (C=O) groups is 2. The molecule has 0 saturated heterocycles. The highest BCUT2D eigenvalue weighted by Crippen LogP contribution is 2.21. The lowest BCUT2D eigenvalue weighted by Crippen LogP contribution is -2.34. The maximum Gasteiger partial charge on any atom is 0.319 e. The summed E-state index contributed by atoms with van der Waals surface area (Å²) >= 11 is 0. The first-order valence-electron chi connectivity index (χ1n) is 8.74. The third-order valence-corrected chi connectivity index (χ3v) is 4.83. The van der Waals surface area contributed by atoms with E-state index >= 15 is 0 Å². The van der Waals surface area contributed by atoms with Crippen LogP contribution in [-0.4, -0.2) is 26.4 Å². The van der Waals surface area contributed by atoms with E-state index in [0.717, 1.165) is 0 Å². The van der Waals surface area contributed by atoms with Crippen molar-refractivity contribution in [2.45, 2.75) is 38.1 Å². The van der Waals surface area contributed by atoms with Crippen molar-refractivity contribution in [3.63, 3.8) is 0 Å². The molecule has 0 radical (unpaired) electrons. The Kier molecular flexibility index (Phi) is 6.76. The number of benzene rings is 2. The minimum absolute atomic E-state index is 0.00590. The first-order chi connectivity index (χ1) is 13.1. The summed E-state index contributed by atoms with van der Waals surface area (Å²) in [5.41, 5.74) is 1.80. The Morgan fingerprint density at radius 3 is 2.14 bits per heavy atom. The molecular formula is C19H24N4O4S. The summed E-state index contributed by atoms with van der Waals surface area (Å²) in [7, 11) is -3.89. The average Bonchev–Trinajstić information content (AvgIpc) is 2.60. The van der Waals surface area contributed by atoms with Gasteiger partial charge in [0.05, 0.1) is 4.90 Å². The molecule has 2 aromatic carbocycles. The number of amides is 3. The number of hydrogen-bond donors (Lipinski definition) is 4. The zero-order chi connectivity index (χ0) is 20.9. The van der Waals surface area contributed by atoms with Gasteiger partial charge in [-0.2, -0.15) is 0 Å². The van der Waals surface area contributed by atoms with Gasteiger partial charge in [-0.1, -0.05) is 13.0 Å². The number of anilines is 2. The van der Waals surface area contributed by atoms with E-state index in [1.807, 2.05) is 20.8 Å². The lowest BCUT2D eigenvalue weighted by Gasteiger charge is -2.11. The Morgan fingerprint density at radius 2 is 1.61 bits per heavy atom. The molecule has 0 unspecified atom stereocenters. The summed E-state index contributed by atoms with van der Waals surface area (Å²) < 4.78 is 23.5. The summed E-state index contributed by atoms with van der Waals surface area (Å²) in [6, 6.07) is 10.6. The predicted octanol–water partition coefficient (Wildman–Crippen LogP) is 2.68. The normalized spacial score (nSPS) is 11.2. The van der Waals surface area contributed by atoms with Crippen molar-refractivity contribution in [3.05, 3.63) is 53.6 Å². The van der Waals surface area contributed by atoms with Gasteiger partial charge in [-0.05, 0) is 62.2 Å². The quantitative estimate of drug-likeness (QED) is 0.589. The van der Waals surface area contributed by atoms with Crippen LogP contribution in [0.25, 0.3) is 0 Å². The van der Waals surface area contributed by atoms with Gasteiger partial charge < -0.3 is 16.0 Å². The van der Waals surface area contributed by atoms with Crippen LogP contribution in [0.5, 0.6) is 0 Å². The van der Waals surface area contributed by atoms with Crippen molar-refractivity contribution in [2.75, 3.05) is 10.6 Å². The van der Waals surface area contributed by atoms with Gasteiger partial charge in [-0.25, -0.2) is 18.4 Å². The van der Waals surface area contributed by atoms with Crippen LogP contribution < -0.4 is 21.1 Å². The van der Waals surface area contributed by atoms with Gasteiger partial charge in [0.2, 0.25) is 10.0 Å². The molecule has 0 aliphatic carbocycles. The number of nitrogens with one attached hydrogen (secondary N) is 3. The molecule has 5 N–H and O–H groups in total. The fourth-order valence-electron chi connectivity index (χ4n) is 2.53. The Labute approximate surface area is 164 Å². The summed E-state index contributed by atoms with van der Waals surface area (Å²) in [4.78, 5) is 24.1.